The summed E-state index contributed by atoms with van der Waals surface area (Å²) in [5.41, 5.74) is 1.59. The van der Waals surface area contributed by atoms with Gasteiger partial charge in [-0.1, -0.05) is 42.1 Å². The Labute approximate surface area is 150 Å². The molecule has 0 saturated heterocycles. The van der Waals surface area contributed by atoms with Crippen molar-refractivity contribution in [2.45, 2.75) is 5.16 Å². The van der Waals surface area contributed by atoms with Crippen molar-refractivity contribution in [1.82, 2.24) is 15.0 Å². The first-order chi connectivity index (χ1) is 12.2. The van der Waals surface area contributed by atoms with E-state index in [1.165, 1.54) is 11.8 Å². The minimum absolute atomic E-state index is 0.144. The maximum absolute atomic E-state index is 10.0. The lowest BCUT2D eigenvalue weighted by Gasteiger charge is -2.05. The van der Waals surface area contributed by atoms with Crippen LogP contribution in [0.4, 0.5) is 0 Å². The third-order valence-corrected chi connectivity index (χ3v) is 4.05. The molecule has 0 aliphatic rings. The van der Waals surface area contributed by atoms with Crippen LogP contribution in [0.2, 0.25) is 0 Å². The van der Waals surface area contributed by atoms with Gasteiger partial charge in [-0.2, -0.15) is 0 Å². The van der Waals surface area contributed by atoms with Crippen LogP contribution in [0.5, 0.6) is 11.5 Å². The maximum Gasteiger partial charge on any atom is 0.191 e. The third kappa shape index (κ3) is 4.16. The predicted octanol–water partition coefficient (Wildman–Crippen LogP) is 4.15. The first-order valence-electron chi connectivity index (χ1n) is 7.60. The van der Waals surface area contributed by atoms with Gasteiger partial charge in [0.25, 0.3) is 0 Å². The number of hydrogen-bond acceptors (Lipinski definition) is 6. The Morgan fingerprint density at radius 3 is 2.40 bits per heavy atom. The van der Waals surface area contributed by atoms with E-state index in [1.54, 1.807) is 25.3 Å². The van der Waals surface area contributed by atoms with E-state index in [2.05, 4.69) is 15.0 Å². The van der Waals surface area contributed by atoms with Crippen LogP contribution in [0.3, 0.4) is 0 Å². The molecule has 0 spiro atoms. The molecule has 0 radical (unpaired) electrons. The molecule has 5 nitrogen and oxygen atoms in total. The van der Waals surface area contributed by atoms with E-state index in [1.807, 2.05) is 48.7 Å². The van der Waals surface area contributed by atoms with Gasteiger partial charge in [0.1, 0.15) is 11.5 Å². The van der Waals surface area contributed by atoms with Crippen molar-refractivity contribution >= 4 is 23.9 Å². The molecule has 0 aliphatic heterocycles. The normalized spacial score (nSPS) is 11.0. The highest BCUT2D eigenvalue weighted by Crippen LogP contribution is 2.27. The molecule has 1 aromatic heterocycles. The largest absolute Gasteiger partial charge is 0.507 e. The Balaban J connectivity index is 1.94. The topological polar surface area (TPSA) is 68.1 Å². The van der Waals surface area contributed by atoms with E-state index in [0.29, 0.717) is 22.4 Å². The first-order valence-corrected chi connectivity index (χ1v) is 8.82. The van der Waals surface area contributed by atoms with Gasteiger partial charge in [-0.25, -0.2) is 15.0 Å². The van der Waals surface area contributed by atoms with Gasteiger partial charge in [-0.3, -0.25) is 0 Å². The van der Waals surface area contributed by atoms with Crippen LogP contribution < -0.4 is 4.74 Å². The van der Waals surface area contributed by atoms with Crippen LogP contribution in [0, 0.1) is 0 Å². The van der Waals surface area contributed by atoms with Crippen LogP contribution >= 0.6 is 11.8 Å². The number of benzene rings is 2. The highest BCUT2D eigenvalue weighted by molar-refractivity contribution is 7.98. The third-order valence-electron chi connectivity index (χ3n) is 3.50. The molecule has 1 heterocycles. The van der Waals surface area contributed by atoms with E-state index in [9.17, 15) is 5.11 Å². The zero-order chi connectivity index (χ0) is 17.6. The number of para-hydroxylation sites is 1. The second-order valence-corrected chi connectivity index (χ2v) is 5.90. The Bertz CT molecular complexity index is 895. The van der Waals surface area contributed by atoms with Crippen molar-refractivity contribution in [1.29, 1.82) is 0 Å². The summed E-state index contributed by atoms with van der Waals surface area (Å²) >= 11 is 1.43. The van der Waals surface area contributed by atoms with Gasteiger partial charge in [0.2, 0.25) is 0 Å². The fraction of sp³-hybridized carbons (Fsp3) is 0.105. The quantitative estimate of drug-likeness (QED) is 0.697. The van der Waals surface area contributed by atoms with Crippen molar-refractivity contribution in [2.75, 3.05) is 13.4 Å². The highest BCUT2D eigenvalue weighted by atomic mass is 32.2. The lowest BCUT2D eigenvalue weighted by molar-refractivity contribution is 0.415. The van der Waals surface area contributed by atoms with Crippen molar-refractivity contribution in [3.8, 4) is 22.9 Å². The lowest BCUT2D eigenvalue weighted by atomic mass is 10.2. The summed E-state index contributed by atoms with van der Waals surface area (Å²) in [5, 5.41) is 10.6. The molecule has 1 N–H and O–H groups in total. The lowest BCUT2D eigenvalue weighted by Crippen LogP contribution is -1.98. The SMILES string of the molecule is COc1ccc(/C=C/c2nc(SC)nc(-c3ccccc3O)n2)cc1. The minimum atomic E-state index is 0.144. The van der Waals surface area contributed by atoms with Crippen molar-refractivity contribution in [3.63, 3.8) is 0 Å². The molecular weight excluding hydrogens is 334 g/mol. The molecule has 0 atom stereocenters. The molecule has 0 bridgehead atoms. The summed E-state index contributed by atoms with van der Waals surface area (Å²) in [5.74, 6) is 1.94. The van der Waals surface area contributed by atoms with E-state index in [-0.39, 0.29) is 5.75 Å². The molecule has 25 heavy (non-hydrogen) atoms. The molecule has 0 amide bonds. The number of aromatic nitrogens is 3. The molecule has 0 aliphatic carbocycles. The molecule has 3 aromatic rings. The van der Waals surface area contributed by atoms with Gasteiger partial charge in [0.05, 0.1) is 12.7 Å². The maximum atomic E-state index is 10.0. The van der Waals surface area contributed by atoms with Gasteiger partial charge in [0, 0.05) is 0 Å². The van der Waals surface area contributed by atoms with Crippen LogP contribution in [0.1, 0.15) is 11.4 Å². The van der Waals surface area contributed by atoms with Gasteiger partial charge in [0.15, 0.2) is 16.8 Å². The highest BCUT2D eigenvalue weighted by Gasteiger charge is 2.10. The number of ether oxygens (including phenoxy) is 1. The summed E-state index contributed by atoms with van der Waals surface area (Å²) in [6, 6.07) is 14.7. The Hall–Kier alpha value is -2.86. The van der Waals surface area contributed by atoms with Crippen LogP contribution in [-0.2, 0) is 0 Å². The number of hydrogen-bond donors (Lipinski definition) is 1. The Kier molecular flexibility index (Phi) is 5.30. The van der Waals surface area contributed by atoms with Crippen LogP contribution in [-0.4, -0.2) is 33.4 Å². The van der Waals surface area contributed by atoms with Crippen LogP contribution in [0.15, 0.2) is 53.7 Å². The number of rotatable bonds is 5. The standard InChI is InChI=1S/C19H17N3O2S/c1-24-14-10-7-13(8-11-14)9-12-17-20-18(22-19(21-17)25-2)15-5-3-4-6-16(15)23/h3-12,23H,1-2H3/b12-9+. The molecule has 0 saturated carbocycles. The van der Waals surface area contributed by atoms with Gasteiger partial charge < -0.3 is 9.84 Å². The average molecular weight is 351 g/mol. The number of methoxy groups -OCH3 is 1. The number of phenolic OH excluding ortho intramolecular Hbond substituents is 1. The summed E-state index contributed by atoms with van der Waals surface area (Å²) < 4.78 is 5.15. The second-order valence-electron chi connectivity index (χ2n) is 5.13. The number of thioether (sulfide) groups is 1. The van der Waals surface area contributed by atoms with Crippen molar-refractivity contribution < 1.29 is 9.84 Å². The van der Waals surface area contributed by atoms with E-state index >= 15 is 0 Å². The van der Waals surface area contributed by atoms with Gasteiger partial charge >= 0.3 is 0 Å². The molecule has 0 unspecified atom stereocenters. The fourth-order valence-corrected chi connectivity index (χ4v) is 2.57. The first kappa shape index (κ1) is 17.0. The van der Waals surface area contributed by atoms with Crippen molar-refractivity contribution in [2.24, 2.45) is 0 Å². The van der Waals surface area contributed by atoms with Gasteiger partial charge in [-0.15, -0.1) is 0 Å². The van der Waals surface area contributed by atoms with Crippen LogP contribution in [0.25, 0.3) is 23.5 Å². The second kappa shape index (κ2) is 7.81. The molecule has 2 aromatic carbocycles. The number of nitrogens with zero attached hydrogens (tertiary/aromatic N) is 3. The average Bonchev–Trinajstić information content (AvgIpc) is 2.67. The van der Waals surface area contributed by atoms with E-state index in [4.69, 9.17) is 4.74 Å². The zero-order valence-corrected chi connectivity index (χ0v) is 14.7. The minimum Gasteiger partial charge on any atom is -0.507 e. The monoisotopic (exact) mass is 351 g/mol. The predicted molar refractivity (Wildman–Crippen MR) is 101 cm³/mol. The Morgan fingerprint density at radius 2 is 1.72 bits per heavy atom. The smallest absolute Gasteiger partial charge is 0.191 e. The van der Waals surface area contributed by atoms with Crippen molar-refractivity contribution in [3.05, 3.63) is 59.9 Å². The van der Waals surface area contributed by atoms with Gasteiger partial charge in [-0.05, 0) is 42.2 Å². The molecule has 126 valence electrons. The van der Waals surface area contributed by atoms with E-state index in [0.717, 1.165) is 11.3 Å². The molecule has 3 rings (SSSR count). The fourth-order valence-electron chi connectivity index (χ4n) is 2.21. The molecule has 0 fully saturated rings. The molecule has 6 heteroatoms. The van der Waals surface area contributed by atoms with E-state index < -0.39 is 0 Å². The summed E-state index contributed by atoms with van der Waals surface area (Å²) in [6.07, 6.45) is 5.65. The summed E-state index contributed by atoms with van der Waals surface area (Å²) in [4.78, 5) is 13.2. The number of phenols is 1. The molecular formula is C19H17N3O2S. The summed E-state index contributed by atoms with van der Waals surface area (Å²) in [7, 11) is 1.64. The Morgan fingerprint density at radius 1 is 0.960 bits per heavy atom. The number of aromatic hydroxyl groups is 1. The summed E-state index contributed by atoms with van der Waals surface area (Å²) in [6.45, 7) is 0. The zero-order valence-electron chi connectivity index (χ0n) is 13.9.